The van der Waals surface area contributed by atoms with Gasteiger partial charge in [-0.3, -0.25) is 9.59 Å². The van der Waals surface area contributed by atoms with Gasteiger partial charge in [0.2, 0.25) is 11.8 Å². The summed E-state index contributed by atoms with van der Waals surface area (Å²) in [5.41, 5.74) is 0. The van der Waals surface area contributed by atoms with Gasteiger partial charge in [0, 0.05) is 28.5 Å². The van der Waals surface area contributed by atoms with Gasteiger partial charge < -0.3 is 10.2 Å². The Labute approximate surface area is 155 Å². The first-order chi connectivity index (χ1) is 12.1. The second-order valence-corrected chi connectivity index (χ2v) is 7.52. The van der Waals surface area contributed by atoms with E-state index in [0.29, 0.717) is 25.3 Å². The van der Waals surface area contributed by atoms with E-state index < -0.39 is 0 Å². The molecular weight excluding hydrogens is 359 g/mol. The van der Waals surface area contributed by atoms with Gasteiger partial charge in [-0.1, -0.05) is 6.07 Å². The average molecular weight is 381 g/mol. The molecule has 0 aliphatic heterocycles. The summed E-state index contributed by atoms with van der Waals surface area (Å²) in [6.45, 7) is 2.91. The number of halogens is 1. The minimum atomic E-state index is -0.272. The topological polar surface area (TPSA) is 49.4 Å². The molecule has 4 nitrogen and oxygen atoms in total. The van der Waals surface area contributed by atoms with Crippen LogP contribution in [0.25, 0.3) is 0 Å². The van der Waals surface area contributed by atoms with Crippen LogP contribution >= 0.6 is 23.1 Å². The molecule has 134 valence electrons. The van der Waals surface area contributed by atoms with Gasteiger partial charge >= 0.3 is 0 Å². The molecule has 25 heavy (non-hydrogen) atoms. The fourth-order valence-corrected chi connectivity index (χ4v) is 3.64. The highest BCUT2D eigenvalue weighted by molar-refractivity contribution is 7.99. The number of likely N-dealkylation sites (N-methyl/N-ethyl adjacent to an activating group) is 1. The van der Waals surface area contributed by atoms with E-state index in [1.807, 2.05) is 24.4 Å². The lowest BCUT2D eigenvalue weighted by atomic mass is 10.3. The molecule has 0 atom stereocenters. The van der Waals surface area contributed by atoms with Crippen molar-refractivity contribution in [3.8, 4) is 0 Å². The van der Waals surface area contributed by atoms with E-state index >= 15 is 0 Å². The minimum Gasteiger partial charge on any atom is -0.350 e. The van der Waals surface area contributed by atoms with E-state index in [1.165, 1.54) is 23.9 Å². The zero-order valence-electron chi connectivity index (χ0n) is 14.0. The third-order valence-corrected chi connectivity index (χ3v) is 5.40. The van der Waals surface area contributed by atoms with Crippen molar-refractivity contribution in [1.29, 1.82) is 0 Å². The largest absolute Gasteiger partial charge is 0.350 e. The summed E-state index contributed by atoms with van der Waals surface area (Å²) >= 11 is 3.08. The van der Waals surface area contributed by atoms with Crippen LogP contribution in [0, 0.1) is 5.82 Å². The van der Waals surface area contributed by atoms with E-state index in [2.05, 4.69) is 5.32 Å². The molecule has 2 rings (SSSR count). The SMILES string of the molecule is CCN(CC(=O)NCc1cccs1)C(=O)CCSc1ccc(F)cc1. The third-order valence-electron chi connectivity index (χ3n) is 3.51. The second kappa shape index (κ2) is 10.2. The molecule has 2 aromatic rings. The number of rotatable bonds is 9. The Morgan fingerprint density at radius 2 is 2.00 bits per heavy atom. The molecule has 0 fully saturated rings. The van der Waals surface area contributed by atoms with Crippen molar-refractivity contribution >= 4 is 34.9 Å². The Morgan fingerprint density at radius 1 is 1.24 bits per heavy atom. The van der Waals surface area contributed by atoms with Gasteiger partial charge in [0.05, 0.1) is 13.1 Å². The van der Waals surface area contributed by atoms with E-state index in [4.69, 9.17) is 0 Å². The molecule has 0 saturated heterocycles. The number of nitrogens with one attached hydrogen (secondary N) is 1. The van der Waals surface area contributed by atoms with Crippen LogP contribution in [0.5, 0.6) is 0 Å². The third kappa shape index (κ3) is 6.88. The number of hydrogen-bond acceptors (Lipinski definition) is 4. The number of hydrogen-bond donors (Lipinski definition) is 1. The van der Waals surface area contributed by atoms with Crippen molar-refractivity contribution in [1.82, 2.24) is 10.2 Å². The predicted octanol–water partition coefficient (Wildman–Crippen LogP) is 3.53. The van der Waals surface area contributed by atoms with Crippen molar-refractivity contribution in [3.63, 3.8) is 0 Å². The molecule has 7 heteroatoms. The maximum absolute atomic E-state index is 12.9. The molecule has 2 amide bonds. The number of carbonyl (C=O) groups is 2. The van der Waals surface area contributed by atoms with Gasteiger partial charge in [0.15, 0.2) is 0 Å². The van der Waals surface area contributed by atoms with Crippen LogP contribution in [0.15, 0.2) is 46.7 Å². The molecule has 0 unspecified atom stereocenters. The van der Waals surface area contributed by atoms with E-state index in [0.717, 1.165) is 9.77 Å². The number of benzene rings is 1. The zero-order chi connectivity index (χ0) is 18.1. The van der Waals surface area contributed by atoms with E-state index in [9.17, 15) is 14.0 Å². The lowest BCUT2D eigenvalue weighted by Gasteiger charge is -2.20. The molecule has 1 aromatic heterocycles. The van der Waals surface area contributed by atoms with Crippen LogP contribution in [-0.2, 0) is 16.1 Å². The Bertz CT molecular complexity index is 675. The molecule has 0 aliphatic carbocycles. The fraction of sp³-hybridized carbons (Fsp3) is 0.333. The second-order valence-electron chi connectivity index (χ2n) is 5.32. The summed E-state index contributed by atoms with van der Waals surface area (Å²) in [4.78, 5) is 27.8. The van der Waals surface area contributed by atoms with Crippen LogP contribution in [0.4, 0.5) is 4.39 Å². The van der Waals surface area contributed by atoms with E-state index in [-0.39, 0.29) is 24.2 Å². The molecular formula is C18H21FN2O2S2. The van der Waals surface area contributed by atoms with Crippen LogP contribution in [0.3, 0.4) is 0 Å². The number of carbonyl (C=O) groups excluding carboxylic acids is 2. The molecule has 1 heterocycles. The maximum atomic E-state index is 12.9. The van der Waals surface area contributed by atoms with Crippen LogP contribution in [0.2, 0.25) is 0 Å². The predicted molar refractivity (Wildman–Crippen MR) is 100 cm³/mol. The number of thiophene rings is 1. The quantitative estimate of drug-likeness (QED) is 0.677. The van der Waals surface area contributed by atoms with Crippen LogP contribution in [0.1, 0.15) is 18.2 Å². The van der Waals surface area contributed by atoms with Crippen molar-refractivity contribution in [2.75, 3.05) is 18.8 Å². The lowest BCUT2D eigenvalue weighted by Crippen LogP contribution is -2.40. The first-order valence-corrected chi connectivity index (χ1v) is 9.90. The van der Waals surface area contributed by atoms with Gasteiger partial charge in [-0.25, -0.2) is 4.39 Å². The van der Waals surface area contributed by atoms with Crippen molar-refractivity contribution in [2.45, 2.75) is 24.8 Å². The minimum absolute atomic E-state index is 0.0524. The van der Waals surface area contributed by atoms with Crippen LogP contribution in [-0.4, -0.2) is 35.6 Å². The first kappa shape index (κ1) is 19.5. The van der Waals surface area contributed by atoms with Gasteiger partial charge in [-0.2, -0.15) is 0 Å². The highest BCUT2D eigenvalue weighted by atomic mass is 32.2. The lowest BCUT2D eigenvalue weighted by molar-refractivity contribution is -0.135. The van der Waals surface area contributed by atoms with Crippen molar-refractivity contribution < 1.29 is 14.0 Å². The first-order valence-electron chi connectivity index (χ1n) is 8.03. The van der Waals surface area contributed by atoms with Crippen molar-refractivity contribution in [2.24, 2.45) is 0 Å². The zero-order valence-corrected chi connectivity index (χ0v) is 15.7. The summed E-state index contributed by atoms with van der Waals surface area (Å²) in [5.74, 6) is 0.113. The van der Waals surface area contributed by atoms with Crippen molar-refractivity contribution in [3.05, 3.63) is 52.5 Å². The standard InChI is InChI=1S/C18H21FN2O2S2/c1-2-21(13-17(22)20-12-16-4-3-10-24-16)18(23)9-11-25-15-7-5-14(19)6-8-15/h3-8,10H,2,9,11-13H2,1H3,(H,20,22). The van der Waals surface area contributed by atoms with Gasteiger partial charge in [-0.15, -0.1) is 23.1 Å². The number of thioether (sulfide) groups is 1. The summed E-state index contributed by atoms with van der Waals surface area (Å²) < 4.78 is 12.9. The van der Waals surface area contributed by atoms with Crippen LogP contribution < -0.4 is 5.32 Å². The average Bonchev–Trinajstić information content (AvgIpc) is 3.13. The number of nitrogens with zero attached hydrogens (tertiary/aromatic N) is 1. The van der Waals surface area contributed by atoms with Gasteiger partial charge in [-0.05, 0) is 42.6 Å². The summed E-state index contributed by atoms with van der Waals surface area (Å²) in [5, 5.41) is 4.79. The Balaban J connectivity index is 1.71. The summed E-state index contributed by atoms with van der Waals surface area (Å²) in [6, 6.07) is 10.1. The molecule has 1 N–H and O–H groups in total. The molecule has 0 saturated carbocycles. The molecule has 0 spiro atoms. The van der Waals surface area contributed by atoms with Gasteiger partial charge in [0.25, 0.3) is 0 Å². The Hall–Kier alpha value is -1.86. The Morgan fingerprint density at radius 3 is 2.64 bits per heavy atom. The fourth-order valence-electron chi connectivity index (χ4n) is 2.15. The molecule has 0 aliphatic rings. The summed E-state index contributed by atoms with van der Waals surface area (Å²) in [6.07, 6.45) is 0.341. The monoisotopic (exact) mass is 380 g/mol. The molecule has 0 radical (unpaired) electrons. The summed E-state index contributed by atoms with van der Waals surface area (Å²) in [7, 11) is 0. The van der Waals surface area contributed by atoms with Gasteiger partial charge in [0.1, 0.15) is 5.82 Å². The van der Waals surface area contributed by atoms with E-state index in [1.54, 1.807) is 28.4 Å². The maximum Gasteiger partial charge on any atom is 0.239 e. The molecule has 1 aromatic carbocycles. The normalized spacial score (nSPS) is 10.5. The smallest absolute Gasteiger partial charge is 0.239 e. The molecule has 0 bridgehead atoms. The highest BCUT2D eigenvalue weighted by Gasteiger charge is 2.15. The Kier molecular flexibility index (Phi) is 7.94. The number of amides is 2. The highest BCUT2D eigenvalue weighted by Crippen LogP contribution is 2.19.